The lowest BCUT2D eigenvalue weighted by atomic mass is 10.2. The highest BCUT2D eigenvalue weighted by molar-refractivity contribution is 7.99. The Labute approximate surface area is 213 Å². The Morgan fingerprint density at radius 3 is 2.47 bits per heavy atom. The number of nitrogens with one attached hydrogen (secondary N) is 1. The number of hydrogen-bond donors (Lipinski definition) is 1. The van der Waals surface area contributed by atoms with Crippen molar-refractivity contribution in [3.8, 4) is 28.6 Å². The Kier molecular flexibility index (Phi) is 6.56. The second-order valence-electron chi connectivity index (χ2n) is 7.13. The first-order chi connectivity index (χ1) is 16.5. The number of hydrogen-bond acceptors (Lipinski definition) is 6. The van der Waals surface area contributed by atoms with Gasteiger partial charge in [0.1, 0.15) is 0 Å². The zero-order chi connectivity index (χ0) is 23.7. The van der Waals surface area contributed by atoms with Gasteiger partial charge in [0.2, 0.25) is 12.7 Å². The van der Waals surface area contributed by atoms with E-state index in [1.54, 1.807) is 0 Å². The van der Waals surface area contributed by atoms with Crippen molar-refractivity contribution in [1.29, 1.82) is 0 Å². The molecule has 0 aliphatic carbocycles. The standard InChI is InChI=1S/C23H15Cl3N4O3S/c24-14-9-16(25)21(17(26)10-14)27-20(31)11-34-23-29-28-22(30(23)15-4-2-1-3-5-15)13-6-7-18-19(8-13)33-12-32-18/h1-10H,11-12H2,(H,27,31). The first-order valence-corrected chi connectivity index (χ1v) is 12.1. The van der Waals surface area contributed by atoms with E-state index in [0.29, 0.717) is 33.2 Å². The molecule has 3 aromatic carbocycles. The van der Waals surface area contributed by atoms with Gasteiger partial charge >= 0.3 is 0 Å². The van der Waals surface area contributed by atoms with Crippen LogP contribution >= 0.6 is 46.6 Å². The maximum absolute atomic E-state index is 12.7. The fourth-order valence-corrected chi connectivity index (χ4v) is 5.03. The number of fused-ring (bicyclic) bond motifs is 1. The van der Waals surface area contributed by atoms with Gasteiger partial charge in [-0.1, -0.05) is 64.8 Å². The third-order valence-electron chi connectivity index (χ3n) is 4.88. The smallest absolute Gasteiger partial charge is 0.234 e. The Balaban J connectivity index is 1.42. The second kappa shape index (κ2) is 9.76. The first kappa shape index (κ1) is 22.9. The summed E-state index contributed by atoms with van der Waals surface area (Å²) in [6.45, 7) is 0.183. The molecule has 0 bridgehead atoms. The summed E-state index contributed by atoms with van der Waals surface area (Å²) in [5.74, 6) is 1.69. The van der Waals surface area contributed by atoms with Crippen molar-refractivity contribution in [2.75, 3.05) is 17.9 Å². The molecule has 2 heterocycles. The van der Waals surface area contributed by atoms with Crippen LogP contribution in [-0.2, 0) is 4.79 Å². The van der Waals surface area contributed by atoms with E-state index in [0.717, 1.165) is 11.3 Å². The minimum Gasteiger partial charge on any atom is -0.454 e. The number of nitrogens with zero attached hydrogens (tertiary/aromatic N) is 3. The highest BCUT2D eigenvalue weighted by Crippen LogP contribution is 2.37. The number of halogens is 3. The van der Waals surface area contributed by atoms with Gasteiger partial charge in [-0.25, -0.2) is 0 Å². The van der Waals surface area contributed by atoms with E-state index in [4.69, 9.17) is 44.3 Å². The highest BCUT2D eigenvalue weighted by atomic mass is 35.5. The van der Waals surface area contributed by atoms with Crippen LogP contribution in [0.2, 0.25) is 15.1 Å². The van der Waals surface area contributed by atoms with Crippen LogP contribution in [0.5, 0.6) is 11.5 Å². The minimum atomic E-state index is -0.302. The van der Waals surface area contributed by atoms with E-state index in [9.17, 15) is 4.79 Å². The molecule has 1 amide bonds. The van der Waals surface area contributed by atoms with Gasteiger partial charge in [0, 0.05) is 16.3 Å². The summed E-state index contributed by atoms with van der Waals surface area (Å²) in [6, 6.07) is 18.3. The van der Waals surface area contributed by atoms with Gasteiger partial charge in [0.15, 0.2) is 22.5 Å². The zero-order valence-corrected chi connectivity index (χ0v) is 20.4. The van der Waals surface area contributed by atoms with Crippen molar-refractivity contribution in [2.45, 2.75) is 5.16 Å². The minimum absolute atomic E-state index is 0.0569. The third-order valence-corrected chi connectivity index (χ3v) is 6.63. The molecule has 4 aromatic rings. The molecular weight excluding hydrogens is 519 g/mol. The number of amides is 1. The number of rotatable bonds is 6. The SMILES string of the molecule is O=C(CSc1nnc(-c2ccc3c(c2)OCO3)n1-c1ccccc1)Nc1c(Cl)cc(Cl)cc1Cl. The van der Waals surface area contributed by atoms with Crippen molar-refractivity contribution < 1.29 is 14.3 Å². The number of aromatic nitrogens is 3. The lowest BCUT2D eigenvalue weighted by molar-refractivity contribution is -0.113. The molecule has 1 N–H and O–H groups in total. The molecule has 1 aromatic heterocycles. The highest BCUT2D eigenvalue weighted by Gasteiger charge is 2.21. The molecule has 0 saturated carbocycles. The molecule has 0 saturated heterocycles. The van der Waals surface area contributed by atoms with E-state index in [1.807, 2.05) is 53.1 Å². The van der Waals surface area contributed by atoms with Crippen molar-refractivity contribution in [3.05, 3.63) is 75.7 Å². The number of para-hydroxylation sites is 1. The molecule has 0 unspecified atom stereocenters. The molecule has 5 rings (SSSR count). The van der Waals surface area contributed by atoms with Gasteiger partial charge in [0.05, 0.1) is 21.5 Å². The lowest BCUT2D eigenvalue weighted by Crippen LogP contribution is -2.15. The fourth-order valence-electron chi connectivity index (χ4n) is 3.36. The van der Waals surface area contributed by atoms with E-state index in [2.05, 4.69) is 15.5 Å². The molecule has 0 fully saturated rings. The summed E-state index contributed by atoms with van der Waals surface area (Å²) in [4.78, 5) is 12.7. The Hall–Kier alpha value is -2.91. The number of ether oxygens (including phenoxy) is 2. The number of carbonyl (C=O) groups is 1. The molecular formula is C23H15Cl3N4O3S. The predicted octanol–water partition coefficient (Wildman–Crippen LogP) is 6.35. The molecule has 0 radical (unpaired) electrons. The van der Waals surface area contributed by atoms with Crippen LogP contribution in [0.3, 0.4) is 0 Å². The third kappa shape index (κ3) is 4.67. The number of anilines is 1. The van der Waals surface area contributed by atoms with Gasteiger partial charge in [0.25, 0.3) is 0 Å². The summed E-state index contributed by atoms with van der Waals surface area (Å²) in [5, 5.41) is 12.9. The van der Waals surface area contributed by atoms with Crippen LogP contribution in [0.4, 0.5) is 5.69 Å². The molecule has 1 aliphatic rings. The Morgan fingerprint density at radius 2 is 1.71 bits per heavy atom. The van der Waals surface area contributed by atoms with E-state index in [1.165, 1.54) is 23.9 Å². The van der Waals surface area contributed by atoms with Crippen LogP contribution in [0.25, 0.3) is 17.1 Å². The summed E-state index contributed by atoms with van der Waals surface area (Å²) in [7, 11) is 0. The molecule has 1 aliphatic heterocycles. The average Bonchev–Trinajstić information content (AvgIpc) is 3.47. The van der Waals surface area contributed by atoms with Gasteiger partial charge < -0.3 is 14.8 Å². The molecule has 0 atom stereocenters. The number of carbonyl (C=O) groups excluding carboxylic acids is 1. The molecule has 11 heteroatoms. The monoisotopic (exact) mass is 532 g/mol. The van der Waals surface area contributed by atoms with Gasteiger partial charge in [-0.05, 0) is 42.5 Å². The van der Waals surface area contributed by atoms with E-state index in [-0.39, 0.29) is 28.5 Å². The number of thioether (sulfide) groups is 1. The maximum atomic E-state index is 12.7. The summed E-state index contributed by atoms with van der Waals surface area (Å²) < 4.78 is 12.8. The van der Waals surface area contributed by atoms with Crippen LogP contribution in [0.1, 0.15) is 0 Å². The molecule has 172 valence electrons. The quantitative estimate of drug-likeness (QED) is 0.291. The summed E-state index contributed by atoms with van der Waals surface area (Å²) in [6.07, 6.45) is 0. The topological polar surface area (TPSA) is 78.3 Å². The Morgan fingerprint density at radius 1 is 0.971 bits per heavy atom. The maximum Gasteiger partial charge on any atom is 0.234 e. The van der Waals surface area contributed by atoms with Crippen molar-refractivity contribution in [2.24, 2.45) is 0 Å². The number of benzene rings is 3. The van der Waals surface area contributed by atoms with Gasteiger partial charge in [-0.15, -0.1) is 10.2 Å². The normalized spacial score (nSPS) is 12.1. The van der Waals surface area contributed by atoms with Crippen LogP contribution in [0, 0.1) is 0 Å². The van der Waals surface area contributed by atoms with E-state index >= 15 is 0 Å². The Bertz CT molecular complexity index is 1360. The van der Waals surface area contributed by atoms with Crippen LogP contribution < -0.4 is 14.8 Å². The van der Waals surface area contributed by atoms with E-state index < -0.39 is 0 Å². The first-order valence-electron chi connectivity index (χ1n) is 9.97. The zero-order valence-electron chi connectivity index (χ0n) is 17.3. The van der Waals surface area contributed by atoms with Crippen molar-refractivity contribution >= 4 is 58.2 Å². The molecule has 0 spiro atoms. The van der Waals surface area contributed by atoms with Crippen molar-refractivity contribution in [1.82, 2.24) is 14.8 Å². The van der Waals surface area contributed by atoms with Crippen LogP contribution in [-0.4, -0.2) is 33.2 Å². The van der Waals surface area contributed by atoms with Gasteiger partial charge in [-0.3, -0.25) is 9.36 Å². The molecule has 7 nitrogen and oxygen atoms in total. The molecule has 34 heavy (non-hydrogen) atoms. The largest absolute Gasteiger partial charge is 0.454 e. The predicted molar refractivity (Wildman–Crippen MR) is 134 cm³/mol. The fraction of sp³-hybridized carbons (Fsp3) is 0.0870. The summed E-state index contributed by atoms with van der Waals surface area (Å²) in [5.41, 5.74) is 1.97. The van der Waals surface area contributed by atoms with Crippen molar-refractivity contribution in [3.63, 3.8) is 0 Å². The summed E-state index contributed by atoms with van der Waals surface area (Å²) >= 11 is 19.5. The second-order valence-corrected chi connectivity index (χ2v) is 9.32. The lowest BCUT2D eigenvalue weighted by Gasteiger charge is -2.12. The van der Waals surface area contributed by atoms with Gasteiger partial charge in [-0.2, -0.15) is 0 Å². The van der Waals surface area contributed by atoms with Crippen LogP contribution in [0.15, 0.2) is 65.8 Å². The average molecular weight is 534 g/mol.